The molecule has 2 aliphatic heterocycles. The van der Waals surface area contributed by atoms with E-state index in [1.54, 1.807) is 19.2 Å². The number of benzene rings is 1. The van der Waals surface area contributed by atoms with Crippen LogP contribution in [-0.4, -0.2) is 57.3 Å². The van der Waals surface area contributed by atoms with Crippen LogP contribution in [0.15, 0.2) is 12.1 Å². The number of fused-ring (bicyclic) bond motifs is 1. The van der Waals surface area contributed by atoms with E-state index in [4.69, 9.17) is 14.2 Å². The molecular weight excluding hydrogens is 320 g/mol. The number of likely N-dealkylation sites (tertiary alicyclic amines) is 1. The molecule has 2 heterocycles. The van der Waals surface area contributed by atoms with Crippen LogP contribution in [0, 0.1) is 0 Å². The quantitative estimate of drug-likeness (QED) is 0.800. The van der Waals surface area contributed by atoms with E-state index in [0.29, 0.717) is 42.6 Å². The summed E-state index contributed by atoms with van der Waals surface area (Å²) in [5.74, 6) is 1.57. The fraction of sp³-hybridized carbons (Fsp3) is 0.632. The predicted molar refractivity (Wildman–Crippen MR) is 95.8 cm³/mol. The van der Waals surface area contributed by atoms with Gasteiger partial charge in [0.15, 0.2) is 11.5 Å². The molecule has 3 rings (SSSR count). The summed E-state index contributed by atoms with van der Waals surface area (Å²) in [6.45, 7) is 5.07. The number of carbonyl (C=O) groups is 1. The summed E-state index contributed by atoms with van der Waals surface area (Å²) in [5, 5.41) is 2.99. The van der Waals surface area contributed by atoms with E-state index in [-0.39, 0.29) is 5.91 Å². The van der Waals surface area contributed by atoms with Crippen molar-refractivity contribution in [3.8, 4) is 17.2 Å². The molecule has 1 fully saturated rings. The maximum absolute atomic E-state index is 12.4. The third kappa shape index (κ3) is 4.78. The van der Waals surface area contributed by atoms with E-state index in [0.717, 1.165) is 13.0 Å². The predicted octanol–water partition coefficient (Wildman–Crippen LogP) is 2.46. The number of amides is 1. The van der Waals surface area contributed by atoms with Crippen molar-refractivity contribution in [3.05, 3.63) is 17.7 Å². The van der Waals surface area contributed by atoms with Crippen molar-refractivity contribution in [1.29, 1.82) is 0 Å². The first-order valence-corrected chi connectivity index (χ1v) is 9.26. The normalized spacial score (nSPS) is 17.6. The highest BCUT2D eigenvalue weighted by molar-refractivity contribution is 5.95. The Labute approximate surface area is 149 Å². The number of hydrogen-bond acceptors (Lipinski definition) is 5. The monoisotopic (exact) mass is 348 g/mol. The summed E-state index contributed by atoms with van der Waals surface area (Å²) in [6, 6.07) is 3.43. The van der Waals surface area contributed by atoms with Crippen molar-refractivity contribution in [3.63, 3.8) is 0 Å². The van der Waals surface area contributed by atoms with Crippen LogP contribution in [0.25, 0.3) is 0 Å². The average molecular weight is 348 g/mol. The lowest BCUT2D eigenvalue weighted by atomic mass is 10.1. The third-order valence-corrected chi connectivity index (χ3v) is 4.73. The van der Waals surface area contributed by atoms with Gasteiger partial charge in [0.1, 0.15) is 13.2 Å². The van der Waals surface area contributed by atoms with Crippen molar-refractivity contribution in [2.75, 3.05) is 46.5 Å². The van der Waals surface area contributed by atoms with Gasteiger partial charge in [-0.25, -0.2) is 0 Å². The number of carbonyl (C=O) groups excluding carboxylic acids is 1. The Morgan fingerprint density at radius 2 is 1.92 bits per heavy atom. The molecule has 25 heavy (non-hydrogen) atoms. The number of nitrogens with zero attached hydrogens (tertiary/aromatic N) is 1. The molecule has 1 aromatic carbocycles. The molecule has 0 spiro atoms. The number of rotatable bonds is 6. The summed E-state index contributed by atoms with van der Waals surface area (Å²) >= 11 is 0. The lowest BCUT2D eigenvalue weighted by Gasteiger charge is -2.21. The van der Waals surface area contributed by atoms with E-state index in [1.165, 1.54) is 38.8 Å². The highest BCUT2D eigenvalue weighted by Crippen LogP contribution is 2.40. The zero-order chi connectivity index (χ0) is 17.5. The van der Waals surface area contributed by atoms with Crippen LogP contribution in [0.4, 0.5) is 0 Å². The molecule has 0 aliphatic carbocycles. The summed E-state index contributed by atoms with van der Waals surface area (Å²) in [7, 11) is 1.57. The van der Waals surface area contributed by atoms with Gasteiger partial charge in [0, 0.05) is 12.1 Å². The van der Waals surface area contributed by atoms with Gasteiger partial charge in [-0.15, -0.1) is 0 Å². The molecule has 1 aromatic rings. The van der Waals surface area contributed by atoms with Gasteiger partial charge in [0.2, 0.25) is 5.75 Å². The molecular formula is C19H28N2O4. The second kappa shape index (κ2) is 8.94. The van der Waals surface area contributed by atoms with Gasteiger partial charge in [-0.1, -0.05) is 12.8 Å². The average Bonchev–Trinajstić information content (AvgIpc) is 2.93. The largest absolute Gasteiger partial charge is 0.493 e. The van der Waals surface area contributed by atoms with Gasteiger partial charge < -0.3 is 24.4 Å². The van der Waals surface area contributed by atoms with Crippen LogP contribution in [0.5, 0.6) is 17.2 Å². The first kappa shape index (κ1) is 17.9. The van der Waals surface area contributed by atoms with Crippen LogP contribution < -0.4 is 19.5 Å². The van der Waals surface area contributed by atoms with E-state index >= 15 is 0 Å². The van der Waals surface area contributed by atoms with E-state index < -0.39 is 0 Å². The van der Waals surface area contributed by atoms with Crippen molar-refractivity contribution in [1.82, 2.24) is 10.2 Å². The summed E-state index contributed by atoms with van der Waals surface area (Å²) in [4.78, 5) is 14.9. The second-order valence-corrected chi connectivity index (χ2v) is 6.57. The maximum atomic E-state index is 12.4. The van der Waals surface area contributed by atoms with Crippen LogP contribution in [0.2, 0.25) is 0 Å². The molecule has 0 saturated carbocycles. The highest BCUT2D eigenvalue weighted by atomic mass is 16.6. The summed E-state index contributed by atoms with van der Waals surface area (Å²) in [5.41, 5.74) is 0.538. The zero-order valence-corrected chi connectivity index (χ0v) is 15.0. The molecule has 0 unspecified atom stereocenters. The van der Waals surface area contributed by atoms with E-state index in [1.807, 2.05) is 0 Å². The molecule has 0 radical (unpaired) electrons. The lowest BCUT2D eigenvalue weighted by Crippen LogP contribution is -2.30. The fourth-order valence-electron chi connectivity index (χ4n) is 3.37. The molecule has 1 amide bonds. The molecule has 0 bridgehead atoms. The van der Waals surface area contributed by atoms with Crippen LogP contribution in [-0.2, 0) is 0 Å². The topological polar surface area (TPSA) is 60.0 Å². The Bertz CT molecular complexity index is 566. The van der Waals surface area contributed by atoms with Crippen molar-refractivity contribution >= 4 is 5.91 Å². The molecule has 0 atom stereocenters. The second-order valence-electron chi connectivity index (χ2n) is 6.57. The summed E-state index contributed by atoms with van der Waals surface area (Å²) < 4.78 is 16.5. The van der Waals surface area contributed by atoms with Crippen LogP contribution >= 0.6 is 0 Å². The third-order valence-electron chi connectivity index (χ3n) is 4.73. The molecule has 6 heteroatoms. The fourth-order valence-corrected chi connectivity index (χ4v) is 3.37. The molecule has 0 aromatic heterocycles. The van der Waals surface area contributed by atoms with Gasteiger partial charge >= 0.3 is 0 Å². The minimum absolute atomic E-state index is 0.105. The van der Waals surface area contributed by atoms with Gasteiger partial charge in [-0.05, 0) is 51.0 Å². The SMILES string of the molecule is COc1cc(C(=O)NCCCN2CCCCCC2)cc2c1OCCO2. The minimum Gasteiger partial charge on any atom is -0.493 e. The van der Waals surface area contributed by atoms with Crippen LogP contribution in [0.3, 0.4) is 0 Å². The van der Waals surface area contributed by atoms with E-state index in [9.17, 15) is 4.79 Å². The van der Waals surface area contributed by atoms with E-state index in [2.05, 4.69) is 10.2 Å². The maximum Gasteiger partial charge on any atom is 0.251 e. The Kier molecular flexibility index (Phi) is 6.39. The molecule has 138 valence electrons. The van der Waals surface area contributed by atoms with Gasteiger partial charge in [0.05, 0.1) is 7.11 Å². The Balaban J connectivity index is 1.51. The number of nitrogens with one attached hydrogen (secondary N) is 1. The van der Waals surface area contributed by atoms with Crippen LogP contribution in [0.1, 0.15) is 42.5 Å². The lowest BCUT2D eigenvalue weighted by molar-refractivity contribution is 0.0949. The number of methoxy groups -OCH3 is 1. The highest BCUT2D eigenvalue weighted by Gasteiger charge is 2.20. The van der Waals surface area contributed by atoms with Gasteiger partial charge in [-0.3, -0.25) is 4.79 Å². The first-order valence-electron chi connectivity index (χ1n) is 9.26. The van der Waals surface area contributed by atoms with Crippen molar-refractivity contribution < 1.29 is 19.0 Å². The zero-order valence-electron chi connectivity index (χ0n) is 15.0. The Morgan fingerprint density at radius 1 is 1.16 bits per heavy atom. The summed E-state index contributed by atoms with van der Waals surface area (Å²) in [6.07, 6.45) is 6.25. The minimum atomic E-state index is -0.105. The molecule has 1 N–H and O–H groups in total. The molecule has 2 aliphatic rings. The van der Waals surface area contributed by atoms with Crippen molar-refractivity contribution in [2.24, 2.45) is 0 Å². The Hall–Kier alpha value is -1.95. The smallest absolute Gasteiger partial charge is 0.251 e. The van der Waals surface area contributed by atoms with Gasteiger partial charge in [0.25, 0.3) is 5.91 Å². The molecule has 6 nitrogen and oxygen atoms in total. The molecule has 1 saturated heterocycles. The van der Waals surface area contributed by atoms with Crippen molar-refractivity contribution in [2.45, 2.75) is 32.1 Å². The van der Waals surface area contributed by atoms with Gasteiger partial charge in [-0.2, -0.15) is 0 Å². The standard InChI is InChI=1S/C19H28N2O4/c1-23-16-13-15(14-17-18(16)25-12-11-24-17)19(22)20-7-6-10-21-8-4-2-3-5-9-21/h13-14H,2-12H2,1H3,(H,20,22). The number of hydrogen-bond donors (Lipinski definition) is 1. The first-order chi connectivity index (χ1) is 12.3. The number of ether oxygens (including phenoxy) is 3. The Morgan fingerprint density at radius 3 is 2.68 bits per heavy atom.